The largest absolute Gasteiger partial charge is 0.494 e. The van der Waals surface area contributed by atoms with Crippen LogP contribution in [0.1, 0.15) is 46.1 Å². The van der Waals surface area contributed by atoms with Crippen molar-refractivity contribution in [1.82, 2.24) is 9.97 Å². The standard InChI is InChI=1S/C22H26BF2N3O4/c1-19(2)20(3,4)32-23(31-19)15-8-6-14(7-9-15)21(12-22(24,25)13-21)17(29)28-16-10-26-18(30-5)27-11-16/h6-11H,12-13H2,1-5H3,(H,28,29). The van der Waals surface area contributed by atoms with Gasteiger partial charge in [0.1, 0.15) is 0 Å². The van der Waals surface area contributed by atoms with Crippen LogP contribution < -0.4 is 15.5 Å². The van der Waals surface area contributed by atoms with E-state index in [4.69, 9.17) is 14.0 Å². The Labute approximate surface area is 186 Å². The van der Waals surface area contributed by atoms with E-state index in [-0.39, 0.29) is 6.01 Å². The number of rotatable bonds is 5. The molecule has 2 heterocycles. The SMILES string of the molecule is COc1ncc(NC(=O)C2(c3ccc(B4OC(C)(C)C(C)(C)O4)cc3)CC(F)(F)C2)cn1. The summed E-state index contributed by atoms with van der Waals surface area (Å²) in [6, 6.07) is 7.06. The second kappa shape index (κ2) is 7.49. The predicted molar refractivity (Wildman–Crippen MR) is 115 cm³/mol. The van der Waals surface area contributed by atoms with Crippen molar-refractivity contribution in [3.63, 3.8) is 0 Å². The number of nitrogens with one attached hydrogen (secondary N) is 1. The monoisotopic (exact) mass is 445 g/mol. The van der Waals surface area contributed by atoms with Crippen LogP contribution in [0.4, 0.5) is 14.5 Å². The molecule has 7 nitrogen and oxygen atoms in total. The molecule has 0 unspecified atom stereocenters. The highest BCUT2D eigenvalue weighted by Gasteiger charge is 2.61. The number of nitrogens with zero attached hydrogens (tertiary/aromatic N) is 2. The third-order valence-corrected chi connectivity index (χ3v) is 6.61. The molecule has 1 aliphatic heterocycles. The third-order valence-electron chi connectivity index (χ3n) is 6.61. The maximum absolute atomic E-state index is 14.0. The summed E-state index contributed by atoms with van der Waals surface area (Å²) in [5.41, 5.74) is -0.757. The van der Waals surface area contributed by atoms with Crippen molar-refractivity contribution >= 4 is 24.2 Å². The van der Waals surface area contributed by atoms with E-state index in [0.29, 0.717) is 11.3 Å². The Balaban J connectivity index is 1.56. The lowest BCUT2D eigenvalue weighted by Gasteiger charge is -2.46. The lowest BCUT2D eigenvalue weighted by Crippen LogP contribution is -2.56. The van der Waals surface area contributed by atoms with E-state index in [9.17, 15) is 13.6 Å². The van der Waals surface area contributed by atoms with E-state index in [2.05, 4.69) is 15.3 Å². The average Bonchev–Trinajstić information content (AvgIpc) is 2.93. The van der Waals surface area contributed by atoms with E-state index in [0.717, 1.165) is 5.46 Å². The topological polar surface area (TPSA) is 82.6 Å². The fourth-order valence-electron chi connectivity index (χ4n) is 4.00. The van der Waals surface area contributed by atoms with E-state index in [1.807, 2.05) is 27.7 Å². The van der Waals surface area contributed by atoms with Gasteiger partial charge in [-0.2, -0.15) is 0 Å². The molecule has 2 aliphatic rings. The van der Waals surface area contributed by atoms with Gasteiger partial charge in [0, 0.05) is 12.8 Å². The van der Waals surface area contributed by atoms with Gasteiger partial charge in [0.2, 0.25) is 5.91 Å². The molecule has 10 heteroatoms. The maximum atomic E-state index is 14.0. The zero-order valence-corrected chi connectivity index (χ0v) is 18.7. The summed E-state index contributed by atoms with van der Waals surface area (Å²) in [5, 5.41) is 2.66. The molecule has 0 spiro atoms. The van der Waals surface area contributed by atoms with Crippen LogP contribution in [-0.4, -0.2) is 47.2 Å². The second-order valence-electron chi connectivity index (χ2n) is 9.41. The van der Waals surface area contributed by atoms with Crippen molar-refractivity contribution in [2.24, 2.45) is 0 Å². The number of aromatic nitrogens is 2. The van der Waals surface area contributed by atoms with Crippen LogP contribution in [0.25, 0.3) is 0 Å². The quantitative estimate of drug-likeness (QED) is 0.713. The van der Waals surface area contributed by atoms with Gasteiger partial charge in [0.05, 0.1) is 41.8 Å². The minimum atomic E-state index is -2.90. The fourth-order valence-corrected chi connectivity index (χ4v) is 4.00. The minimum absolute atomic E-state index is 0.145. The Morgan fingerprint density at radius 3 is 2.03 bits per heavy atom. The van der Waals surface area contributed by atoms with Crippen molar-refractivity contribution in [2.75, 3.05) is 12.4 Å². The molecule has 1 amide bonds. The molecular weight excluding hydrogens is 419 g/mol. The third kappa shape index (κ3) is 3.86. The summed E-state index contributed by atoms with van der Waals surface area (Å²) in [5.74, 6) is -3.43. The smallest absolute Gasteiger partial charge is 0.467 e. The van der Waals surface area contributed by atoms with Crippen molar-refractivity contribution in [1.29, 1.82) is 0 Å². The van der Waals surface area contributed by atoms with Crippen molar-refractivity contribution in [3.8, 4) is 6.01 Å². The van der Waals surface area contributed by atoms with Gasteiger partial charge in [-0.25, -0.2) is 18.7 Å². The van der Waals surface area contributed by atoms with Crippen LogP contribution in [-0.2, 0) is 19.5 Å². The summed E-state index contributed by atoms with van der Waals surface area (Å²) in [6.07, 6.45) is 1.60. The Bertz CT molecular complexity index is 989. The van der Waals surface area contributed by atoms with E-state index in [1.54, 1.807) is 24.3 Å². The van der Waals surface area contributed by atoms with Gasteiger partial charge in [-0.3, -0.25) is 4.79 Å². The Kier molecular flexibility index (Phi) is 5.29. The zero-order valence-electron chi connectivity index (χ0n) is 18.7. The van der Waals surface area contributed by atoms with Crippen molar-refractivity contribution in [2.45, 2.75) is 63.1 Å². The number of methoxy groups -OCH3 is 1. The van der Waals surface area contributed by atoms with Gasteiger partial charge in [-0.05, 0) is 38.7 Å². The average molecular weight is 445 g/mol. The lowest BCUT2D eigenvalue weighted by molar-refractivity contribution is -0.154. The van der Waals surface area contributed by atoms with Crippen LogP contribution in [0.2, 0.25) is 0 Å². The number of ether oxygens (including phenoxy) is 1. The summed E-state index contributed by atoms with van der Waals surface area (Å²) in [4.78, 5) is 21.0. The van der Waals surface area contributed by atoms with Gasteiger partial charge < -0.3 is 19.4 Å². The number of benzene rings is 1. The molecule has 32 heavy (non-hydrogen) atoms. The molecule has 4 rings (SSSR count). The highest BCUT2D eigenvalue weighted by molar-refractivity contribution is 6.62. The summed E-state index contributed by atoms with van der Waals surface area (Å²) in [7, 11) is 0.852. The van der Waals surface area contributed by atoms with Crippen molar-refractivity contribution < 1.29 is 27.6 Å². The predicted octanol–water partition coefficient (Wildman–Crippen LogP) is 3.09. The number of anilines is 1. The minimum Gasteiger partial charge on any atom is -0.467 e. The number of halogens is 2. The molecule has 1 N–H and O–H groups in total. The van der Waals surface area contributed by atoms with Crippen LogP contribution >= 0.6 is 0 Å². The highest BCUT2D eigenvalue weighted by Crippen LogP contribution is 2.54. The molecule has 0 bridgehead atoms. The second-order valence-corrected chi connectivity index (χ2v) is 9.41. The molecule has 0 atom stereocenters. The van der Waals surface area contributed by atoms with E-state index < -0.39 is 48.4 Å². The number of amides is 1. The summed E-state index contributed by atoms with van der Waals surface area (Å²) >= 11 is 0. The molecule has 170 valence electrons. The Hall–Kier alpha value is -2.59. The van der Waals surface area contributed by atoms with Crippen LogP contribution in [0.5, 0.6) is 6.01 Å². The number of alkyl halides is 2. The van der Waals surface area contributed by atoms with Gasteiger partial charge in [-0.15, -0.1) is 0 Å². The van der Waals surface area contributed by atoms with Crippen LogP contribution in [0.15, 0.2) is 36.7 Å². The molecule has 2 aromatic rings. The molecular formula is C22H26BF2N3O4. The molecule has 0 radical (unpaired) electrons. The maximum Gasteiger partial charge on any atom is 0.494 e. The molecule has 1 aromatic carbocycles. The van der Waals surface area contributed by atoms with Gasteiger partial charge >= 0.3 is 13.1 Å². The Morgan fingerprint density at radius 2 is 1.56 bits per heavy atom. The first-order valence-corrected chi connectivity index (χ1v) is 10.4. The van der Waals surface area contributed by atoms with Crippen molar-refractivity contribution in [3.05, 3.63) is 42.2 Å². The van der Waals surface area contributed by atoms with Gasteiger partial charge in [0.25, 0.3) is 5.92 Å². The molecule has 1 saturated carbocycles. The van der Waals surface area contributed by atoms with Gasteiger partial charge in [0.15, 0.2) is 0 Å². The van der Waals surface area contributed by atoms with Crippen LogP contribution in [0, 0.1) is 0 Å². The highest BCUT2D eigenvalue weighted by atomic mass is 19.3. The molecule has 2 fully saturated rings. The number of carbonyl (C=O) groups is 1. The fraction of sp³-hybridized carbons (Fsp3) is 0.500. The van der Waals surface area contributed by atoms with E-state index >= 15 is 0 Å². The van der Waals surface area contributed by atoms with E-state index in [1.165, 1.54) is 19.5 Å². The van der Waals surface area contributed by atoms with Gasteiger partial charge in [-0.1, -0.05) is 24.3 Å². The first-order chi connectivity index (χ1) is 14.9. The normalized spacial score (nSPS) is 22.2. The summed E-state index contributed by atoms with van der Waals surface area (Å²) < 4.78 is 44.9. The molecule has 1 aromatic heterocycles. The molecule has 1 aliphatic carbocycles. The summed E-state index contributed by atoms with van der Waals surface area (Å²) in [6.45, 7) is 7.83. The number of hydrogen-bond donors (Lipinski definition) is 1. The number of carbonyl (C=O) groups excluding carboxylic acids is 1. The lowest BCUT2D eigenvalue weighted by atomic mass is 9.61. The first-order valence-electron chi connectivity index (χ1n) is 10.4. The number of hydrogen-bond acceptors (Lipinski definition) is 6. The van der Waals surface area contributed by atoms with Crippen LogP contribution in [0.3, 0.4) is 0 Å². The molecule has 1 saturated heterocycles. The first kappa shape index (κ1) is 22.6. The Morgan fingerprint density at radius 1 is 1.03 bits per heavy atom. The zero-order chi connectivity index (χ0) is 23.4.